The van der Waals surface area contributed by atoms with E-state index in [1.54, 1.807) is 19.1 Å². The molecule has 1 unspecified atom stereocenters. The van der Waals surface area contributed by atoms with Gasteiger partial charge in [0.15, 0.2) is 0 Å². The van der Waals surface area contributed by atoms with Crippen molar-refractivity contribution in [2.24, 2.45) is 12.2 Å². The second kappa shape index (κ2) is 6.34. The molecule has 0 spiro atoms. The van der Waals surface area contributed by atoms with Crippen LogP contribution in [0.4, 0.5) is 0 Å². The first-order valence-corrected chi connectivity index (χ1v) is 9.30. The van der Waals surface area contributed by atoms with Gasteiger partial charge in [0.1, 0.15) is 5.69 Å². The number of fused-ring (bicyclic) bond motifs is 1. The average molecular weight is 357 g/mol. The summed E-state index contributed by atoms with van der Waals surface area (Å²) < 4.78 is 24.8. The summed E-state index contributed by atoms with van der Waals surface area (Å²) in [5.41, 5.74) is 2.17. The number of hydrogen-bond donors (Lipinski definition) is 2. The molecule has 6 nitrogen and oxygen atoms in total. The lowest BCUT2D eigenvalue weighted by molar-refractivity contribution is 0.0932. The molecule has 0 aliphatic heterocycles. The fourth-order valence-electron chi connectivity index (χ4n) is 2.82. The maximum absolute atomic E-state index is 12.6. The van der Waals surface area contributed by atoms with E-state index < -0.39 is 10.0 Å². The second-order valence-electron chi connectivity index (χ2n) is 5.96. The molecule has 130 valence electrons. The molecular formula is C18H19N3O3S. The number of nitrogens with one attached hydrogen (secondary N) is 1. The summed E-state index contributed by atoms with van der Waals surface area (Å²) in [7, 11) is -1.94. The van der Waals surface area contributed by atoms with Gasteiger partial charge in [-0.2, -0.15) is 0 Å². The molecule has 0 saturated heterocycles. The Kier molecular flexibility index (Phi) is 4.36. The normalized spacial score (nSPS) is 12.9. The Labute approximate surface area is 146 Å². The van der Waals surface area contributed by atoms with Gasteiger partial charge in [-0.1, -0.05) is 30.3 Å². The van der Waals surface area contributed by atoms with Crippen molar-refractivity contribution in [1.82, 2.24) is 9.88 Å². The van der Waals surface area contributed by atoms with Crippen LogP contribution in [0.2, 0.25) is 0 Å². The predicted octanol–water partition coefficient (Wildman–Crippen LogP) is 2.32. The zero-order valence-corrected chi connectivity index (χ0v) is 14.7. The number of sulfonamides is 1. The monoisotopic (exact) mass is 357 g/mol. The Bertz CT molecular complexity index is 1050. The zero-order chi connectivity index (χ0) is 18.2. The van der Waals surface area contributed by atoms with E-state index in [2.05, 4.69) is 5.32 Å². The largest absolute Gasteiger partial charge is 0.344 e. The fourth-order valence-corrected chi connectivity index (χ4v) is 3.39. The first kappa shape index (κ1) is 17.2. The summed E-state index contributed by atoms with van der Waals surface area (Å²) in [6.45, 7) is 1.79. The summed E-state index contributed by atoms with van der Waals surface area (Å²) >= 11 is 0. The Morgan fingerprint density at radius 2 is 1.84 bits per heavy atom. The van der Waals surface area contributed by atoms with Gasteiger partial charge in [-0.15, -0.1) is 0 Å². The lowest BCUT2D eigenvalue weighted by Crippen LogP contribution is -2.28. The molecule has 0 aliphatic rings. The third-order valence-corrected chi connectivity index (χ3v) is 5.13. The van der Waals surface area contributed by atoms with Crippen molar-refractivity contribution in [2.75, 3.05) is 0 Å². The summed E-state index contributed by atoms with van der Waals surface area (Å²) in [5.74, 6) is -0.229. The van der Waals surface area contributed by atoms with Gasteiger partial charge in [-0.3, -0.25) is 4.79 Å². The standard InChI is InChI=1S/C18H19N3O3S/c1-12(13-7-5-8-15(10-13)25(19,23)24)20-18(22)17-11-14-6-3-4-9-16(14)21(17)2/h3-12H,1-2H3,(H,20,22)(H2,19,23,24). The molecule has 7 heteroatoms. The van der Waals surface area contributed by atoms with Gasteiger partial charge in [0, 0.05) is 18.0 Å². The highest BCUT2D eigenvalue weighted by molar-refractivity contribution is 7.89. The molecule has 3 aromatic rings. The SMILES string of the molecule is CC(NC(=O)c1cc2ccccc2n1C)c1cccc(S(N)(=O)=O)c1. The van der Waals surface area contributed by atoms with Crippen molar-refractivity contribution >= 4 is 26.8 Å². The van der Waals surface area contributed by atoms with E-state index in [1.165, 1.54) is 12.1 Å². The van der Waals surface area contributed by atoms with E-state index in [9.17, 15) is 13.2 Å². The maximum Gasteiger partial charge on any atom is 0.268 e. The topological polar surface area (TPSA) is 94.2 Å². The molecule has 1 aromatic heterocycles. The Balaban J connectivity index is 1.86. The Morgan fingerprint density at radius 1 is 1.12 bits per heavy atom. The van der Waals surface area contributed by atoms with E-state index in [1.807, 2.05) is 41.9 Å². The number of primary sulfonamides is 1. The van der Waals surface area contributed by atoms with Crippen molar-refractivity contribution in [3.63, 3.8) is 0 Å². The molecule has 0 radical (unpaired) electrons. The molecule has 1 heterocycles. The van der Waals surface area contributed by atoms with Crippen molar-refractivity contribution in [2.45, 2.75) is 17.9 Å². The number of nitrogens with zero attached hydrogens (tertiary/aromatic N) is 1. The number of amides is 1. The number of benzene rings is 2. The summed E-state index contributed by atoms with van der Waals surface area (Å²) in [6, 6.07) is 15.5. The second-order valence-corrected chi connectivity index (χ2v) is 7.52. The minimum absolute atomic E-state index is 0.0238. The molecule has 25 heavy (non-hydrogen) atoms. The van der Waals surface area contributed by atoms with Crippen molar-refractivity contribution < 1.29 is 13.2 Å². The molecule has 2 aromatic carbocycles. The van der Waals surface area contributed by atoms with Gasteiger partial charge >= 0.3 is 0 Å². The van der Waals surface area contributed by atoms with E-state index in [-0.39, 0.29) is 16.8 Å². The van der Waals surface area contributed by atoms with Gasteiger partial charge in [-0.05, 0) is 36.8 Å². The van der Waals surface area contributed by atoms with Gasteiger partial charge in [0.05, 0.1) is 10.9 Å². The molecule has 0 aliphatic carbocycles. The van der Waals surface area contributed by atoms with Crippen LogP contribution in [0.1, 0.15) is 29.0 Å². The Hall–Kier alpha value is -2.64. The number of carbonyl (C=O) groups is 1. The molecule has 1 atom stereocenters. The maximum atomic E-state index is 12.6. The highest BCUT2D eigenvalue weighted by Gasteiger charge is 2.17. The van der Waals surface area contributed by atoms with E-state index in [4.69, 9.17) is 5.14 Å². The number of para-hydroxylation sites is 1. The number of carbonyl (C=O) groups excluding carboxylic acids is 1. The number of hydrogen-bond acceptors (Lipinski definition) is 3. The quantitative estimate of drug-likeness (QED) is 0.750. The van der Waals surface area contributed by atoms with Crippen LogP contribution >= 0.6 is 0 Å². The van der Waals surface area contributed by atoms with Crippen LogP contribution in [-0.4, -0.2) is 18.9 Å². The van der Waals surface area contributed by atoms with Crippen LogP contribution < -0.4 is 10.5 Å². The minimum atomic E-state index is -3.78. The number of aromatic nitrogens is 1. The fraction of sp³-hybridized carbons (Fsp3) is 0.167. The van der Waals surface area contributed by atoms with E-state index in [0.717, 1.165) is 10.9 Å². The Morgan fingerprint density at radius 3 is 2.52 bits per heavy atom. The van der Waals surface area contributed by atoms with Crippen LogP contribution in [0, 0.1) is 0 Å². The number of rotatable bonds is 4. The summed E-state index contributed by atoms with van der Waals surface area (Å²) in [4.78, 5) is 12.6. The summed E-state index contributed by atoms with van der Waals surface area (Å²) in [6.07, 6.45) is 0. The van der Waals surface area contributed by atoms with Crippen molar-refractivity contribution in [3.8, 4) is 0 Å². The first-order valence-electron chi connectivity index (χ1n) is 7.75. The smallest absolute Gasteiger partial charge is 0.268 e. The molecule has 1 amide bonds. The molecule has 0 saturated carbocycles. The highest BCUT2D eigenvalue weighted by atomic mass is 32.2. The van der Waals surface area contributed by atoms with Crippen molar-refractivity contribution in [1.29, 1.82) is 0 Å². The molecule has 3 N–H and O–H groups in total. The number of nitrogens with two attached hydrogens (primary N) is 1. The van der Waals surface area contributed by atoms with E-state index in [0.29, 0.717) is 11.3 Å². The van der Waals surface area contributed by atoms with Crippen LogP contribution in [0.5, 0.6) is 0 Å². The predicted molar refractivity (Wildman–Crippen MR) is 96.6 cm³/mol. The third kappa shape index (κ3) is 3.42. The van der Waals surface area contributed by atoms with Crippen LogP contribution in [0.3, 0.4) is 0 Å². The third-order valence-electron chi connectivity index (χ3n) is 4.22. The van der Waals surface area contributed by atoms with Crippen molar-refractivity contribution in [3.05, 3.63) is 65.9 Å². The van der Waals surface area contributed by atoms with Gasteiger partial charge in [0.25, 0.3) is 5.91 Å². The van der Waals surface area contributed by atoms with Gasteiger partial charge < -0.3 is 9.88 Å². The highest BCUT2D eigenvalue weighted by Crippen LogP contribution is 2.20. The van der Waals surface area contributed by atoms with Gasteiger partial charge in [-0.25, -0.2) is 13.6 Å². The minimum Gasteiger partial charge on any atom is -0.344 e. The molecular weight excluding hydrogens is 338 g/mol. The first-order chi connectivity index (χ1) is 11.8. The molecule has 0 bridgehead atoms. The lowest BCUT2D eigenvalue weighted by atomic mass is 10.1. The van der Waals surface area contributed by atoms with Crippen LogP contribution in [0.15, 0.2) is 59.5 Å². The van der Waals surface area contributed by atoms with E-state index >= 15 is 0 Å². The molecule has 3 rings (SSSR count). The lowest BCUT2D eigenvalue weighted by Gasteiger charge is -2.15. The van der Waals surface area contributed by atoms with Crippen LogP contribution in [0.25, 0.3) is 10.9 Å². The number of aryl methyl sites for hydroxylation is 1. The van der Waals surface area contributed by atoms with Gasteiger partial charge in [0.2, 0.25) is 10.0 Å². The molecule has 0 fully saturated rings. The average Bonchev–Trinajstić information content (AvgIpc) is 2.91. The zero-order valence-electron chi connectivity index (χ0n) is 13.9. The summed E-state index contributed by atoms with van der Waals surface area (Å²) in [5, 5.41) is 9.05. The van der Waals surface area contributed by atoms with Crippen LogP contribution in [-0.2, 0) is 17.1 Å².